The van der Waals surface area contributed by atoms with E-state index in [4.69, 9.17) is 0 Å². The van der Waals surface area contributed by atoms with Gasteiger partial charge in [0.15, 0.2) is 0 Å². The summed E-state index contributed by atoms with van der Waals surface area (Å²) >= 11 is 0. The zero-order valence-electron chi connectivity index (χ0n) is 10.7. The maximum atomic E-state index is 3.51. The van der Waals surface area contributed by atoms with E-state index in [1.165, 1.54) is 24.2 Å². The number of hydrogen-bond acceptors (Lipinski definition) is 3. The van der Waals surface area contributed by atoms with Gasteiger partial charge in [-0.3, -0.25) is 4.90 Å². The van der Waals surface area contributed by atoms with Crippen molar-refractivity contribution in [2.75, 3.05) is 39.3 Å². The fourth-order valence-corrected chi connectivity index (χ4v) is 2.11. The fourth-order valence-electron chi connectivity index (χ4n) is 2.11. The van der Waals surface area contributed by atoms with E-state index in [-0.39, 0.29) is 0 Å². The smallest absolute Gasteiger partial charge is 0.0206 e. The molecule has 0 atom stereocenters. The van der Waals surface area contributed by atoms with Crippen molar-refractivity contribution in [3.8, 4) is 0 Å². The van der Waals surface area contributed by atoms with E-state index >= 15 is 0 Å². The molecule has 2 N–H and O–H groups in total. The first-order chi connectivity index (χ1) is 8.34. The average molecular weight is 233 g/mol. The number of hydrogen-bond donors (Lipinski definition) is 2. The Labute approximate surface area is 104 Å². The molecule has 3 heteroatoms. The summed E-state index contributed by atoms with van der Waals surface area (Å²) < 4.78 is 0. The van der Waals surface area contributed by atoms with Crippen LogP contribution < -0.4 is 10.6 Å². The van der Waals surface area contributed by atoms with Crippen LogP contribution in [0.5, 0.6) is 0 Å². The Morgan fingerprint density at radius 2 is 1.88 bits per heavy atom. The van der Waals surface area contributed by atoms with Crippen LogP contribution in [0.15, 0.2) is 24.3 Å². The van der Waals surface area contributed by atoms with Crippen LogP contribution in [0, 0.1) is 6.92 Å². The average Bonchev–Trinajstić information content (AvgIpc) is 2.38. The third kappa shape index (κ3) is 4.46. The van der Waals surface area contributed by atoms with Crippen LogP contribution in [-0.4, -0.2) is 44.2 Å². The number of aryl methyl sites for hydroxylation is 1. The first kappa shape index (κ1) is 12.6. The zero-order chi connectivity index (χ0) is 11.9. The SMILES string of the molecule is Cc1ccc(CNCCN2CCNCC2)cc1. The van der Waals surface area contributed by atoms with Gasteiger partial charge in [-0.15, -0.1) is 0 Å². The quantitative estimate of drug-likeness (QED) is 0.743. The Bertz CT molecular complexity index is 315. The molecule has 0 bridgehead atoms. The minimum absolute atomic E-state index is 0.979. The first-order valence-electron chi connectivity index (χ1n) is 6.54. The maximum Gasteiger partial charge on any atom is 0.0206 e. The normalized spacial score (nSPS) is 17.2. The molecule has 1 heterocycles. The molecule has 0 radical (unpaired) electrons. The largest absolute Gasteiger partial charge is 0.314 e. The van der Waals surface area contributed by atoms with Gasteiger partial charge in [-0.1, -0.05) is 29.8 Å². The highest BCUT2D eigenvalue weighted by Crippen LogP contribution is 2.02. The molecule has 94 valence electrons. The summed E-state index contributed by atoms with van der Waals surface area (Å²) in [5, 5.41) is 6.88. The van der Waals surface area contributed by atoms with E-state index < -0.39 is 0 Å². The molecule has 2 rings (SSSR count). The van der Waals surface area contributed by atoms with Gasteiger partial charge < -0.3 is 10.6 Å². The molecule has 0 aromatic heterocycles. The summed E-state index contributed by atoms with van der Waals surface area (Å²) in [5.74, 6) is 0. The second-order valence-electron chi connectivity index (χ2n) is 4.75. The molecule has 1 saturated heterocycles. The number of benzene rings is 1. The van der Waals surface area contributed by atoms with Crippen LogP contribution in [0.4, 0.5) is 0 Å². The van der Waals surface area contributed by atoms with Gasteiger partial charge in [0.2, 0.25) is 0 Å². The topological polar surface area (TPSA) is 27.3 Å². The standard InChI is InChI=1S/C14H23N3/c1-13-2-4-14(5-3-13)12-16-8-11-17-9-6-15-7-10-17/h2-5,15-16H,6-12H2,1H3. The molecule has 1 fully saturated rings. The van der Waals surface area contributed by atoms with Gasteiger partial charge in [-0.05, 0) is 12.5 Å². The summed E-state index contributed by atoms with van der Waals surface area (Å²) in [4.78, 5) is 2.51. The number of nitrogens with one attached hydrogen (secondary N) is 2. The Kier molecular flexibility index (Phi) is 4.98. The van der Waals surface area contributed by atoms with E-state index in [1.807, 2.05) is 0 Å². The summed E-state index contributed by atoms with van der Waals surface area (Å²) in [6.45, 7) is 9.99. The zero-order valence-corrected chi connectivity index (χ0v) is 10.7. The lowest BCUT2D eigenvalue weighted by molar-refractivity contribution is 0.241. The molecule has 1 aliphatic heterocycles. The third-order valence-corrected chi connectivity index (χ3v) is 3.26. The second kappa shape index (κ2) is 6.74. The molecule has 0 saturated carbocycles. The van der Waals surface area contributed by atoms with Crippen molar-refractivity contribution < 1.29 is 0 Å². The molecule has 1 aliphatic rings. The van der Waals surface area contributed by atoms with Crippen LogP contribution in [0.2, 0.25) is 0 Å². The second-order valence-corrected chi connectivity index (χ2v) is 4.75. The molecular formula is C14H23N3. The van der Waals surface area contributed by atoms with Gasteiger partial charge in [0.25, 0.3) is 0 Å². The van der Waals surface area contributed by atoms with Crippen LogP contribution in [-0.2, 0) is 6.54 Å². The first-order valence-corrected chi connectivity index (χ1v) is 6.54. The Morgan fingerprint density at radius 3 is 2.59 bits per heavy atom. The molecule has 0 unspecified atom stereocenters. The van der Waals surface area contributed by atoms with E-state index in [0.29, 0.717) is 0 Å². The van der Waals surface area contributed by atoms with Gasteiger partial charge in [0.1, 0.15) is 0 Å². The van der Waals surface area contributed by atoms with Crippen LogP contribution in [0.1, 0.15) is 11.1 Å². The summed E-state index contributed by atoms with van der Waals surface area (Å²) in [7, 11) is 0. The molecule has 3 nitrogen and oxygen atoms in total. The molecular weight excluding hydrogens is 210 g/mol. The maximum absolute atomic E-state index is 3.51. The number of nitrogens with zero attached hydrogens (tertiary/aromatic N) is 1. The summed E-state index contributed by atoms with van der Waals surface area (Å²) in [6.07, 6.45) is 0. The molecule has 1 aromatic carbocycles. The highest BCUT2D eigenvalue weighted by Gasteiger charge is 2.07. The van der Waals surface area contributed by atoms with Crippen LogP contribution in [0.3, 0.4) is 0 Å². The fraction of sp³-hybridized carbons (Fsp3) is 0.571. The van der Waals surface area contributed by atoms with Crippen molar-refractivity contribution in [3.05, 3.63) is 35.4 Å². The number of rotatable bonds is 5. The summed E-state index contributed by atoms with van der Waals surface area (Å²) in [5.41, 5.74) is 2.70. The van der Waals surface area contributed by atoms with E-state index in [0.717, 1.165) is 32.7 Å². The van der Waals surface area contributed by atoms with E-state index in [2.05, 4.69) is 46.7 Å². The van der Waals surface area contributed by atoms with Crippen molar-refractivity contribution in [2.24, 2.45) is 0 Å². The summed E-state index contributed by atoms with van der Waals surface area (Å²) in [6, 6.07) is 8.75. The Balaban J connectivity index is 1.60. The van der Waals surface area contributed by atoms with Crippen molar-refractivity contribution in [3.63, 3.8) is 0 Å². The van der Waals surface area contributed by atoms with E-state index in [9.17, 15) is 0 Å². The Hall–Kier alpha value is -0.900. The van der Waals surface area contributed by atoms with E-state index in [1.54, 1.807) is 0 Å². The molecule has 0 spiro atoms. The van der Waals surface area contributed by atoms with Gasteiger partial charge in [-0.2, -0.15) is 0 Å². The molecule has 0 aliphatic carbocycles. The minimum Gasteiger partial charge on any atom is -0.314 e. The van der Waals surface area contributed by atoms with Crippen LogP contribution in [0.25, 0.3) is 0 Å². The molecule has 17 heavy (non-hydrogen) atoms. The lowest BCUT2D eigenvalue weighted by Crippen LogP contribution is -2.45. The lowest BCUT2D eigenvalue weighted by atomic mass is 10.1. The molecule has 0 amide bonds. The lowest BCUT2D eigenvalue weighted by Gasteiger charge is -2.27. The van der Waals surface area contributed by atoms with Gasteiger partial charge in [0, 0.05) is 45.8 Å². The highest BCUT2D eigenvalue weighted by atomic mass is 15.2. The van der Waals surface area contributed by atoms with Gasteiger partial charge in [0.05, 0.1) is 0 Å². The van der Waals surface area contributed by atoms with Gasteiger partial charge in [-0.25, -0.2) is 0 Å². The molecule has 1 aromatic rings. The highest BCUT2D eigenvalue weighted by molar-refractivity contribution is 5.20. The van der Waals surface area contributed by atoms with Crippen molar-refractivity contribution in [1.82, 2.24) is 15.5 Å². The van der Waals surface area contributed by atoms with Crippen molar-refractivity contribution >= 4 is 0 Å². The van der Waals surface area contributed by atoms with Crippen molar-refractivity contribution in [1.29, 1.82) is 0 Å². The Morgan fingerprint density at radius 1 is 1.18 bits per heavy atom. The monoisotopic (exact) mass is 233 g/mol. The van der Waals surface area contributed by atoms with Crippen LogP contribution >= 0.6 is 0 Å². The number of piperazine rings is 1. The van der Waals surface area contributed by atoms with Crippen molar-refractivity contribution in [2.45, 2.75) is 13.5 Å². The third-order valence-electron chi connectivity index (χ3n) is 3.26. The predicted octanol–water partition coefficient (Wildman–Crippen LogP) is 0.990. The van der Waals surface area contributed by atoms with Gasteiger partial charge >= 0.3 is 0 Å². The predicted molar refractivity (Wildman–Crippen MR) is 72.2 cm³/mol. The minimum atomic E-state index is 0.979.